The predicted octanol–water partition coefficient (Wildman–Crippen LogP) is -0.212. The third-order valence-corrected chi connectivity index (χ3v) is 8.52. The number of fused-ring (bicyclic) bond motifs is 1. The van der Waals surface area contributed by atoms with Gasteiger partial charge >= 0.3 is 5.97 Å². The summed E-state index contributed by atoms with van der Waals surface area (Å²) in [5.41, 5.74) is 6.46. The molecule has 0 aliphatic carbocycles. The van der Waals surface area contributed by atoms with Crippen LogP contribution in [0.4, 0.5) is 0 Å². The zero-order valence-electron chi connectivity index (χ0n) is 19.7. The van der Waals surface area contributed by atoms with E-state index in [1.807, 2.05) is 20.0 Å². The molecule has 3 aliphatic rings. The number of carboxylic acid groups (broad SMARTS) is 1. The number of carboxylic acids is 1. The molecule has 5 N–H and O–H groups in total. The highest BCUT2D eigenvalue weighted by Gasteiger charge is 2.60. The molecular formula is C22H33N7O4S. The summed E-state index contributed by atoms with van der Waals surface area (Å²) in [6.45, 7) is 5.94. The maximum absolute atomic E-state index is 13.0. The van der Waals surface area contributed by atoms with Gasteiger partial charge in [-0.15, -0.1) is 16.9 Å². The number of carbonyl (C=O) groups is 3. The Bertz CT molecular complexity index is 996. The summed E-state index contributed by atoms with van der Waals surface area (Å²) in [6, 6.07) is -0.00601. The van der Waals surface area contributed by atoms with Crippen LogP contribution < -0.4 is 16.4 Å². The number of nitrogens with two attached hydrogens (primary N) is 1. The van der Waals surface area contributed by atoms with Crippen LogP contribution in [0.5, 0.6) is 0 Å². The predicted molar refractivity (Wildman–Crippen MR) is 126 cm³/mol. The number of thioether (sulfide) groups is 1. The molecule has 1 aromatic rings. The quantitative estimate of drug-likeness (QED) is 0.306. The number of rotatable bonds is 11. The second-order valence-electron chi connectivity index (χ2n) is 9.50. The average Bonchev–Trinajstić information content (AvgIpc) is 3.47. The highest BCUT2D eigenvalue weighted by molar-refractivity contribution is 8.03. The summed E-state index contributed by atoms with van der Waals surface area (Å²) in [6.07, 6.45) is 3.00. The van der Waals surface area contributed by atoms with Crippen LogP contribution in [-0.2, 0) is 27.5 Å². The van der Waals surface area contributed by atoms with Crippen molar-refractivity contribution in [3.8, 4) is 0 Å². The van der Waals surface area contributed by atoms with Crippen molar-refractivity contribution in [3.05, 3.63) is 22.5 Å². The lowest BCUT2D eigenvalue weighted by Crippen LogP contribution is -2.62. The van der Waals surface area contributed by atoms with Gasteiger partial charge in [0.05, 0.1) is 30.7 Å². The Morgan fingerprint density at radius 1 is 1.44 bits per heavy atom. The van der Waals surface area contributed by atoms with Crippen LogP contribution in [0, 0.1) is 17.8 Å². The molecule has 12 heteroatoms. The zero-order chi connectivity index (χ0) is 24.6. The van der Waals surface area contributed by atoms with Gasteiger partial charge in [-0.05, 0) is 19.4 Å². The topological polar surface area (TPSA) is 155 Å². The Morgan fingerprint density at radius 2 is 2.21 bits per heavy atom. The van der Waals surface area contributed by atoms with Crippen LogP contribution in [0.1, 0.15) is 32.4 Å². The molecule has 0 unspecified atom stereocenters. The molecule has 3 aliphatic heterocycles. The molecule has 0 spiro atoms. The van der Waals surface area contributed by atoms with Gasteiger partial charge in [0.25, 0.3) is 0 Å². The Hall–Kier alpha value is -2.28. The van der Waals surface area contributed by atoms with Gasteiger partial charge < -0.3 is 26.4 Å². The van der Waals surface area contributed by atoms with E-state index in [9.17, 15) is 19.5 Å². The number of likely N-dealkylation sites (N-methyl/N-ethyl adjacent to an activating group) is 1. The van der Waals surface area contributed by atoms with Crippen molar-refractivity contribution in [1.82, 2.24) is 30.5 Å². The van der Waals surface area contributed by atoms with Gasteiger partial charge in [0.2, 0.25) is 5.91 Å². The number of ketones is 1. The number of aromatic nitrogens is 3. The van der Waals surface area contributed by atoms with E-state index in [0.29, 0.717) is 19.5 Å². The second kappa shape index (κ2) is 10.1. The highest BCUT2D eigenvalue weighted by atomic mass is 32.2. The van der Waals surface area contributed by atoms with E-state index >= 15 is 0 Å². The Morgan fingerprint density at radius 3 is 2.85 bits per heavy atom. The number of aliphatic carboxylic acids is 1. The van der Waals surface area contributed by atoms with Gasteiger partial charge in [-0.2, -0.15) is 0 Å². The molecule has 2 fully saturated rings. The van der Waals surface area contributed by atoms with Crippen LogP contribution in [0.25, 0.3) is 0 Å². The third kappa shape index (κ3) is 4.64. The molecule has 1 amide bonds. The fourth-order valence-corrected chi connectivity index (χ4v) is 6.98. The molecule has 0 saturated carbocycles. The van der Waals surface area contributed by atoms with Crippen molar-refractivity contribution >= 4 is 29.4 Å². The Labute approximate surface area is 202 Å². The van der Waals surface area contributed by atoms with Crippen molar-refractivity contribution < 1.29 is 19.5 Å². The van der Waals surface area contributed by atoms with Gasteiger partial charge in [-0.1, -0.05) is 19.1 Å². The number of hydrogen-bond acceptors (Lipinski definition) is 9. The molecule has 34 heavy (non-hydrogen) atoms. The van der Waals surface area contributed by atoms with Crippen molar-refractivity contribution in [1.29, 1.82) is 0 Å². The smallest absolute Gasteiger partial charge is 0.353 e. The van der Waals surface area contributed by atoms with E-state index in [-0.39, 0.29) is 59.0 Å². The molecule has 11 nitrogen and oxygen atoms in total. The standard InChI is InChI=1S/C22H33N7O4S/c1-11(4-15(30)7-24-3)17-18-12(2)20(19(22(32)33)29(18)21(17)31)34-16-5-13(25-8-16)9-28-10-14(6-23)26-27-28/h10-13,16-18,24-25H,4-9,23H2,1-3H3,(H,32,33)/t11-,12+,13-,16-,17+,18-/m0/s1. The number of β-lactam (4-membered cyclic amide) rings is 1. The van der Waals surface area contributed by atoms with Crippen LogP contribution in [0.2, 0.25) is 0 Å². The summed E-state index contributed by atoms with van der Waals surface area (Å²) < 4.78 is 1.78. The highest BCUT2D eigenvalue weighted by Crippen LogP contribution is 2.53. The minimum atomic E-state index is -1.07. The average molecular weight is 492 g/mol. The van der Waals surface area contributed by atoms with Crippen LogP contribution >= 0.6 is 11.8 Å². The SMILES string of the molecule is CNCC(=O)C[C@H](C)[C@H]1C(=O)N2C(C(=O)O)=C(S[C@@H]3CN[C@H](Cn4cc(CN)nn4)C3)[C@H](C)[C@@H]12. The fraction of sp³-hybridized carbons (Fsp3) is 0.682. The summed E-state index contributed by atoms with van der Waals surface area (Å²) in [4.78, 5) is 39.5. The lowest BCUT2D eigenvalue weighted by atomic mass is 9.73. The maximum atomic E-state index is 13.0. The maximum Gasteiger partial charge on any atom is 0.353 e. The molecule has 0 radical (unpaired) electrons. The van der Waals surface area contributed by atoms with Crippen molar-refractivity contribution in [2.45, 2.75) is 57.1 Å². The van der Waals surface area contributed by atoms with Gasteiger partial charge in [-0.3, -0.25) is 14.3 Å². The fourth-order valence-electron chi connectivity index (χ4n) is 5.46. The van der Waals surface area contributed by atoms with Gasteiger partial charge in [0, 0.05) is 47.8 Å². The van der Waals surface area contributed by atoms with Crippen molar-refractivity contribution in [2.24, 2.45) is 23.5 Å². The minimum Gasteiger partial charge on any atom is -0.477 e. The molecule has 2 saturated heterocycles. The van der Waals surface area contributed by atoms with Gasteiger partial charge in [0.1, 0.15) is 11.5 Å². The third-order valence-electron chi connectivity index (χ3n) is 7.01. The van der Waals surface area contributed by atoms with E-state index in [4.69, 9.17) is 5.73 Å². The van der Waals surface area contributed by atoms with Crippen LogP contribution in [0.15, 0.2) is 16.8 Å². The largest absolute Gasteiger partial charge is 0.477 e. The molecular weight excluding hydrogens is 458 g/mol. The van der Waals surface area contributed by atoms with E-state index in [1.165, 1.54) is 4.90 Å². The van der Waals surface area contributed by atoms with E-state index in [2.05, 4.69) is 20.9 Å². The Kier molecular flexibility index (Phi) is 7.41. The molecule has 0 bridgehead atoms. The monoisotopic (exact) mass is 491 g/mol. The van der Waals surface area contributed by atoms with Gasteiger partial charge in [0.15, 0.2) is 0 Å². The normalized spacial score (nSPS) is 29.4. The molecule has 0 aromatic carbocycles. The van der Waals surface area contributed by atoms with Gasteiger partial charge in [-0.25, -0.2) is 4.79 Å². The first-order valence-electron chi connectivity index (χ1n) is 11.7. The summed E-state index contributed by atoms with van der Waals surface area (Å²) in [5.74, 6) is -1.73. The van der Waals surface area contributed by atoms with E-state index < -0.39 is 5.97 Å². The first-order valence-corrected chi connectivity index (χ1v) is 12.6. The first kappa shape index (κ1) is 24.8. The van der Waals surface area contributed by atoms with Crippen LogP contribution in [0.3, 0.4) is 0 Å². The molecule has 4 rings (SSSR count). The summed E-state index contributed by atoms with van der Waals surface area (Å²) in [7, 11) is 1.72. The number of amides is 1. The Balaban J connectivity index is 1.42. The number of nitrogens with zero attached hydrogens (tertiary/aromatic N) is 4. The summed E-state index contributed by atoms with van der Waals surface area (Å²) in [5, 5.41) is 24.6. The van der Waals surface area contributed by atoms with E-state index in [1.54, 1.807) is 23.5 Å². The summed E-state index contributed by atoms with van der Waals surface area (Å²) >= 11 is 1.57. The number of Topliss-reactive ketones (excluding diaryl/α,β-unsaturated/α-hetero) is 1. The van der Waals surface area contributed by atoms with E-state index in [0.717, 1.165) is 23.6 Å². The first-order chi connectivity index (χ1) is 16.2. The zero-order valence-corrected chi connectivity index (χ0v) is 20.5. The minimum absolute atomic E-state index is 0.0574. The molecule has 6 atom stereocenters. The lowest BCUT2D eigenvalue weighted by Gasteiger charge is -2.47. The number of carbonyl (C=O) groups excluding carboxylic acids is 2. The molecule has 1 aromatic heterocycles. The number of hydrogen-bond donors (Lipinski definition) is 4. The molecule has 186 valence electrons. The molecule has 4 heterocycles. The van der Waals surface area contributed by atoms with Crippen LogP contribution in [-0.4, -0.2) is 80.1 Å². The lowest BCUT2D eigenvalue weighted by molar-refractivity contribution is -0.160. The number of nitrogens with one attached hydrogen (secondary N) is 2. The second-order valence-corrected chi connectivity index (χ2v) is 10.8. The van der Waals surface area contributed by atoms with Crippen molar-refractivity contribution in [2.75, 3.05) is 20.1 Å². The van der Waals surface area contributed by atoms with Crippen molar-refractivity contribution in [3.63, 3.8) is 0 Å².